The van der Waals surface area contributed by atoms with Crippen LogP contribution in [0, 0.1) is 0 Å². The summed E-state index contributed by atoms with van der Waals surface area (Å²) in [5.74, 6) is 0.548. The lowest BCUT2D eigenvalue weighted by Gasteiger charge is -2.00. The summed E-state index contributed by atoms with van der Waals surface area (Å²) in [6.45, 7) is 0. The molecule has 3 rings (SSSR count). The van der Waals surface area contributed by atoms with Gasteiger partial charge in [0.15, 0.2) is 0 Å². The van der Waals surface area contributed by atoms with Crippen molar-refractivity contribution in [2.24, 2.45) is 0 Å². The average molecular weight is 268 g/mol. The van der Waals surface area contributed by atoms with Gasteiger partial charge in [-0.3, -0.25) is 0 Å². The van der Waals surface area contributed by atoms with Gasteiger partial charge >= 0.3 is 0 Å². The molecule has 6 N–H and O–H groups in total. The molecule has 3 aromatic carbocycles. The molecule has 0 aliphatic rings. The highest BCUT2D eigenvalue weighted by molar-refractivity contribution is 5.90. The Labute approximate surface area is 116 Å². The normalized spacial score (nSPS) is 9.80. The number of rotatable bonds is 0. The molecule has 0 atom stereocenters. The van der Waals surface area contributed by atoms with Crippen LogP contribution >= 0.6 is 0 Å². The zero-order chi connectivity index (χ0) is 14.5. The summed E-state index contributed by atoms with van der Waals surface area (Å²) in [7, 11) is 0. The van der Waals surface area contributed by atoms with Crippen LogP contribution in [0.3, 0.4) is 0 Å². The van der Waals surface area contributed by atoms with Gasteiger partial charge in [0, 0.05) is 16.8 Å². The van der Waals surface area contributed by atoms with Crippen LogP contribution in [0.4, 0.5) is 11.4 Å². The van der Waals surface area contributed by atoms with E-state index in [-0.39, 0.29) is 5.75 Å². The lowest BCUT2D eigenvalue weighted by atomic mass is 10.1. The molecule has 0 aliphatic heterocycles. The molecule has 0 radical (unpaired) electrons. The maximum atomic E-state index is 9.42. The van der Waals surface area contributed by atoms with E-state index >= 15 is 0 Å². The summed E-state index contributed by atoms with van der Waals surface area (Å²) < 4.78 is 0. The molecule has 0 bridgehead atoms. The van der Waals surface area contributed by atoms with E-state index in [1.165, 1.54) is 0 Å². The molecular weight excluding hydrogens is 252 g/mol. The second kappa shape index (κ2) is 5.84. The van der Waals surface area contributed by atoms with Gasteiger partial charge in [-0.05, 0) is 53.9 Å². The predicted octanol–water partition coefficient (Wildman–Crippen LogP) is 3.10. The van der Waals surface area contributed by atoms with Crippen molar-refractivity contribution in [2.75, 3.05) is 11.5 Å². The molecule has 0 amide bonds. The molecule has 0 fully saturated rings. The van der Waals surface area contributed by atoms with Gasteiger partial charge in [-0.1, -0.05) is 12.1 Å². The number of fused-ring (bicyclic) bond motifs is 1. The predicted molar refractivity (Wildman–Crippen MR) is 82.5 cm³/mol. The zero-order valence-corrected chi connectivity index (χ0v) is 10.8. The molecule has 0 saturated carbocycles. The standard InChI is InChI=1S/C10H9NO.C6H7NO/c11-8-4-5-9-7(6-8)2-1-3-10(9)12;7-5-1-3-6(8)4-2-5/h1-6,12H,11H2;1-4,8H,7H2. The number of hydrogen-bond acceptors (Lipinski definition) is 4. The minimum Gasteiger partial charge on any atom is -0.508 e. The Kier molecular flexibility index (Phi) is 3.96. The van der Waals surface area contributed by atoms with E-state index in [9.17, 15) is 5.11 Å². The van der Waals surface area contributed by atoms with Crippen LogP contribution in [0.5, 0.6) is 11.5 Å². The highest BCUT2D eigenvalue weighted by atomic mass is 16.3. The average Bonchev–Trinajstić information content (AvgIpc) is 2.43. The van der Waals surface area contributed by atoms with Crippen LogP contribution in [0.2, 0.25) is 0 Å². The van der Waals surface area contributed by atoms with Crippen molar-refractivity contribution >= 4 is 22.1 Å². The van der Waals surface area contributed by atoms with Crippen molar-refractivity contribution in [3.63, 3.8) is 0 Å². The Bertz CT molecular complexity index is 688. The molecule has 0 aromatic heterocycles. The van der Waals surface area contributed by atoms with Crippen LogP contribution in [0.25, 0.3) is 10.8 Å². The molecular formula is C16H16N2O2. The summed E-state index contributed by atoms with van der Waals surface area (Å²) in [5, 5.41) is 19.9. The number of nitrogens with two attached hydrogens (primary N) is 2. The van der Waals surface area contributed by atoms with E-state index in [1.807, 2.05) is 18.2 Å². The Morgan fingerprint density at radius 1 is 0.700 bits per heavy atom. The fraction of sp³-hybridized carbons (Fsp3) is 0. The SMILES string of the molecule is Nc1ccc(O)cc1.Nc1ccc2c(O)cccc2c1. The molecule has 4 nitrogen and oxygen atoms in total. The van der Waals surface area contributed by atoms with Gasteiger partial charge in [0.1, 0.15) is 11.5 Å². The smallest absolute Gasteiger partial charge is 0.123 e. The molecule has 0 aliphatic carbocycles. The third-order valence-corrected chi connectivity index (χ3v) is 2.77. The summed E-state index contributed by atoms with van der Waals surface area (Å²) in [6, 6.07) is 17.2. The second-order valence-corrected chi connectivity index (χ2v) is 4.35. The van der Waals surface area contributed by atoms with E-state index in [1.54, 1.807) is 42.5 Å². The van der Waals surface area contributed by atoms with Gasteiger partial charge in [0.2, 0.25) is 0 Å². The van der Waals surface area contributed by atoms with Gasteiger partial charge in [0.05, 0.1) is 0 Å². The number of nitrogen functional groups attached to an aromatic ring is 2. The van der Waals surface area contributed by atoms with Crippen molar-refractivity contribution in [2.45, 2.75) is 0 Å². The number of aromatic hydroxyl groups is 2. The van der Waals surface area contributed by atoms with Gasteiger partial charge in [-0.2, -0.15) is 0 Å². The van der Waals surface area contributed by atoms with Crippen LogP contribution in [-0.2, 0) is 0 Å². The maximum Gasteiger partial charge on any atom is 0.123 e. The van der Waals surface area contributed by atoms with Gasteiger partial charge in [0.25, 0.3) is 0 Å². The third kappa shape index (κ3) is 3.32. The molecule has 0 heterocycles. The van der Waals surface area contributed by atoms with E-state index in [0.29, 0.717) is 17.1 Å². The molecule has 4 heteroatoms. The molecule has 102 valence electrons. The van der Waals surface area contributed by atoms with Gasteiger partial charge in [-0.15, -0.1) is 0 Å². The summed E-state index contributed by atoms with van der Waals surface area (Å²) >= 11 is 0. The van der Waals surface area contributed by atoms with Crippen molar-refractivity contribution in [1.29, 1.82) is 0 Å². The second-order valence-electron chi connectivity index (χ2n) is 4.35. The molecule has 0 unspecified atom stereocenters. The van der Waals surface area contributed by atoms with E-state index < -0.39 is 0 Å². The third-order valence-electron chi connectivity index (χ3n) is 2.77. The first-order chi connectivity index (χ1) is 9.56. The first kappa shape index (κ1) is 13.5. The topological polar surface area (TPSA) is 92.5 Å². The van der Waals surface area contributed by atoms with Crippen molar-refractivity contribution in [1.82, 2.24) is 0 Å². The minimum atomic E-state index is 0.249. The van der Waals surface area contributed by atoms with E-state index in [2.05, 4.69) is 0 Å². The Balaban J connectivity index is 0.000000160. The monoisotopic (exact) mass is 268 g/mol. The number of phenols is 2. The van der Waals surface area contributed by atoms with E-state index in [0.717, 1.165) is 10.8 Å². The zero-order valence-electron chi connectivity index (χ0n) is 10.8. The Morgan fingerprint density at radius 2 is 1.35 bits per heavy atom. The molecule has 3 aromatic rings. The largest absolute Gasteiger partial charge is 0.508 e. The quantitative estimate of drug-likeness (QED) is 0.372. The lowest BCUT2D eigenvalue weighted by molar-refractivity contribution is 0.475. The highest BCUT2D eigenvalue weighted by Gasteiger charge is 1.97. The summed E-state index contributed by atoms with van der Waals surface area (Å²) in [5.41, 5.74) is 12.3. The first-order valence-corrected chi connectivity index (χ1v) is 6.08. The minimum absolute atomic E-state index is 0.249. The number of hydrogen-bond donors (Lipinski definition) is 4. The van der Waals surface area contributed by atoms with Crippen LogP contribution in [0.1, 0.15) is 0 Å². The van der Waals surface area contributed by atoms with Gasteiger partial charge < -0.3 is 21.7 Å². The Hall–Kier alpha value is -2.88. The fourth-order valence-corrected chi connectivity index (χ4v) is 1.76. The van der Waals surface area contributed by atoms with E-state index in [4.69, 9.17) is 16.6 Å². The number of benzene rings is 3. The summed E-state index contributed by atoms with van der Waals surface area (Å²) in [4.78, 5) is 0. The molecule has 0 spiro atoms. The van der Waals surface area contributed by atoms with Crippen molar-refractivity contribution in [3.8, 4) is 11.5 Å². The van der Waals surface area contributed by atoms with Crippen molar-refractivity contribution in [3.05, 3.63) is 60.7 Å². The summed E-state index contributed by atoms with van der Waals surface area (Å²) in [6.07, 6.45) is 0. The first-order valence-electron chi connectivity index (χ1n) is 6.08. The fourth-order valence-electron chi connectivity index (χ4n) is 1.76. The number of phenolic OH excluding ortho intramolecular Hbond substituents is 2. The highest BCUT2D eigenvalue weighted by Crippen LogP contribution is 2.25. The molecule has 0 saturated heterocycles. The van der Waals surface area contributed by atoms with Crippen LogP contribution in [0.15, 0.2) is 60.7 Å². The Morgan fingerprint density at radius 3 is 2.00 bits per heavy atom. The number of anilines is 2. The molecule has 20 heavy (non-hydrogen) atoms. The van der Waals surface area contributed by atoms with Crippen molar-refractivity contribution < 1.29 is 10.2 Å². The van der Waals surface area contributed by atoms with Gasteiger partial charge in [-0.25, -0.2) is 0 Å². The lowest BCUT2D eigenvalue weighted by Crippen LogP contribution is -1.83. The maximum absolute atomic E-state index is 9.42. The van der Waals surface area contributed by atoms with Crippen LogP contribution in [-0.4, -0.2) is 10.2 Å². The van der Waals surface area contributed by atoms with Crippen LogP contribution < -0.4 is 11.5 Å².